The van der Waals surface area contributed by atoms with E-state index in [9.17, 15) is 13.6 Å². The Morgan fingerprint density at radius 1 is 1.64 bits per heavy atom. The Balaban J connectivity index is 4.74. The van der Waals surface area contributed by atoms with Crippen LogP contribution in [0.5, 0.6) is 0 Å². The number of halogens is 2. The Morgan fingerprint density at radius 3 is 2.43 bits per heavy atom. The molecule has 0 saturated heterocycles. The number of nitriles is 1. The first-order valence-corrected chi connectivity index (χ1v) is 3.99. The highest BCUT2D eigenvalue weighted by Crippen LogP contribution is 2.23. The van der Waals surface area contributed by atoms with Crippen LogP contribution in [0.1, 0.15) is 6.92 Å². The van der Waals surface area contributed by atoms with Crippen molar-refractivity contribution in [3.8, 4) is 6.07 Å². The average Bonchev–Trinajstić information content (AvgIpc) is 2.04. The summed E-state index contributed by atoms with van der Waals surface area (Å²) in [5, 5.41) is 8.47. The topological polar surface area (TPSA) is 53.3 Å². The fourth-order valence-electron chi connectivity index (χ4n) is 0.860. The van der Waals surface area contributed by atoms with Gasteiger partial charge >= 0.3 is 11.9 Å². The monoisotopic (exact) mass is 206 g/mol. The van der Waals surface area contributed by atoms with Gasteiger partial charge in [-0.2, -0.15) is 14.0 Å². The second kappa shape index (κ2) is 4.86. The van der Waals surface area contributed by atoms with Gasteiger partial charge in [0.05, 0.1) is 12.7 Å². The van der Waals surface area contributed by atoms with Gasteiger partial charge in [0.1, 0.15) is 0 Å². The van der Waals surface area contributed by atoms with E-state index in [4.69, 9.17) is 5.26 Å². The minimum Gasteiger partial charge on any atom is -0.461 e. The molecular formula is C8H12F2N2O2. The summed E-state index contributed by atoms with van der Waals surface area (Å²) < 4.78 is 30.5. The number of esters is 1. The van der Waals surface area contributed by atoms with Crippen LogP contribution in [0, 0.1) is 11.3 Å². The second-order valence-corrected chi connectivity index (χ2v) is 2.84. The minimum absolute atomic E-state index is 0.139. The van der Waals surface area contributed by atoms with Crippen molar-refractivity contribution in [1.29, 1.82) is 5.26 Å². The lowest BCUT2D eigenvalue weighted by molar-refractivity contribution is -0.177. The van der Waals surface area contributed by atoms with Gasteiger partial charge in [0.2, 0.25) is 0 Å². The molecule has 0 radical (unpaired) electrons. The van der Waals surface area contributed by atoms with Crippen LogP contribution in [0.25, 0.3) is 0 Å². The van der Waals surface area contributed by atoms with Crippen molar-refractivity contribution < 1.29 is 18.3 Å². The maximum absolute atomic E-state index is 13.2. The Hall–Kier alpha value is -1.22. The summed E-state index contributed by atoms with van der Waals surface area (Å²) in [6.07, 6.45) is 0. The first-order chi connectivity index (χ1) is 6.37. The lowest BCUT2D eigenvalue weighted by Crippen LogP contribution is -2.49. The van der Waals surface area contributed by atoms with Crippen LogP contribution in [0.4, 0.5) is 8.78 Å². The number of hydrogen-bond acceptors (Lipinski definition) is 4. The van der Waals surface area contributed by atoms with Crippen LogP contribution in [-0.4, -0.2) is 43.5 Å². The fourth-order valence-corrected chi connectivity index (χ4v) is 0.860. The zero-order chi connectivity index (χ0) is 11.4. The lowest BCUT2D eigenvalue weighted by Gasteiger charge is -2.24. The average molecular weight is 206 g/mol. The predicted octanol–water partition coefficient (Wildman–Crippen LogP) is 0.639. The van der Waals surface area contributed by atoms with E-state index in [2.05, 4.69) is 4.74 Å². The van der Waals surface area contributed by atoms with Gasteiger partial charge in [-0.15, -0.1) is 0 Å². The van der Waals surface area contributed by atoms with E-state index < -0.39 is 17.9 Å². The second-order valence-electron chi connectivity index (χ2n) is 2.84. The molecule has 0 heterocycles. The Bertz CT molecular complexity index is 248. The number of hydrogen-bond donors (Lipinski definition) is 0. The quantitative estimate of drug-likeness (QED) is 0.633. The molecule has 0 aromatic rings. The number of alkyl halides is 2. The molecule has 1 unspecified atom stereocenters. The van der Waals surface area contributed by atoms with Crippen molar-refractivity contribution in [1.82, 2.24) is 4.90 Å². The van der Waals surface area contributed by atoms with Crippen LogP contribution in [0.15, 0.2) is 0 Å². The van der Waals surface area contributed by atoms with Crippen LogP contribution in [0.3, 0.4) is 0 Å². The number of rotatable bonds is 4. The molecule has 6 heteroatoms. The zero-order valence-electron chi connectivity index (χ0n) is 8.25. The third-order valence-electron chi connectivity index (χ3n) is 1.53. The lowest BCUT2D eigenvalue weighted by atomic mass is 10.1. The molecule has 0 aromatic carbocycles. The maximum atomic E-state index is 13.2. The molecule has 0 rings (SSSR count). The third kappa shape index (κ3) is 2.64. The molecule has 80 valence electrons. The smallest absolute Gasteiger partial charge is 0.379 e. The molecule has 0 aliphatic carbocycles. The van der Waals surface area contributed by atoms with Crippen molar-refractivity contribution in [3.63, 3.8) is 0 Å². The predicted molar refractivity (Wildman–Crippen MR) is 44.7 cm³/mol. The largest absolute Gasteiger partial charge is 0.461 e. The van der Waals surface area contributed by atoms with Crippen molar-refractivity contribution >= 4 is 5.97 Å². The number of ether oxygens (including phenoxy) is 1. The number of carbonyl (C=O) groups excluding carboxylic acids is 1. The SMILES string of the molecule is CCOC(=O)C(F)(F)C(C#N)N(C)C. The first kappa shape index (κ1) is 12.8. The van der Waals surface area contributed by atoms with Gasteiger partial charge < -0.3 is 4.74 Å². The summed E-state index contributed by atoms with van der Waals surface area (Å²) in [4.78, 5) is 11.8. The normalized spacial score (nSPS) is 13.5. The molecule has 14 heavy (non-hydrogen) atoms. The van der Waals surface area contributed by atoms with Crippen molar-refractivity contribution in [2.24, 2.45) is 0 Å². The molecule has 0 aliphatic heterocycles. The third-order valence-corrected chi connectivity index (χ3v) is 1.53. The fraction of sp³-hybridized carbons (Fsp3) is 0.750. The van der Waals surface area contributed by atoms with Crippen LogP contribution in [0.2, 0.25) is 0 Å². The van der Waals surface area contributed by atoms with Crippen molar-refractivity contribution in [2.45, 2.75) is 18.9 Å². The van der Waals surface area contributed by atoms with E-state index in [1.54, 1.807) is 0 Å². The standard InChI is InChI=1S/C8H12F2N2O2/c1-4-14-7(13)8(9,10)6(5-11)12(2)3/h6H,4H2,1-3H3. The van der Waals surface area contributed by atoms with E-state index in [0.29, 0.717) is 0 Å². The summed E-state index contributed by atoms with van der Waals surface area (Å²) in [6, 6.07) is -0.448. The highest BCUT2D eigenvalue weighted by molar-refractivity contribution is 5.79. The molecule has 0 N–H and O–H groups in total. The van der Waals surface area contributed by atoms with Crippen molar-refractivity contribution in [3.05, 3.63) is 0 Å². The molecule has 0 amide bonds. The molecule has 0 fully saturated rings. The summed E-state index contributed by atoms with van der Waals surface area (Å²) in [5.74, 6) is -5.46. The number of carbonyl (C=O) groups is 1. The first-order valence-electron chi connectivity index (χ1n) is 3.99. The Kier molecular flexibility index (Phi) is 4.44. The van der Waals surface area contributed by atoms with Gasteiger partial charge in [0, 0.05) is 0 Å². The summed E-state index contributed by atoms with van der Waals surface area (Å²) in [7, 11) is 2.59. The van der Waals surface area contributed by atoms with Gasteiger partial charge in [-0.3, -0.25) is 4.90 Å². The Labute approximate surface area is 81.1 Å². The summed E-state index contributed by atoms with van der Waals surface area (Å²) in [6.45, 7) is 1.28. The van der Waals surface area contributed by atoms with Crippen LogP contribution in [-0.2, 0) is 9.53 Å². The zero-order valence-corrected chi connectivity index (χ0v) is 8.25. The van der Waals surface area contributed by atoms with E-state index >= 15 is 0 Å². The summed E-state index contributed by atoms with van der Waals surface area (Å²) >= 11 is 0. The van der Waals surface area contributed by atoms with E-state index in [-0.39, 0.29) is 6.61 Å². The van der Waals surface area contributed by atoms with Crippen LogP contribution < -0.4 is 0 Å². The molecule has 0 aromatic heterocycles. The van der Waals surface area contributed by atoms with Gasteiger partial charge in [0.15, 0.2) is 6.04 Å². The maximum Gasteiger partial charge on any atom is 0.379 e. The molecule has 0 spiro atoms. The van der Waals surface area contributed by atoms with Crippen LogP contribution >= 0.6 is 0 Å². The molecule has 0 bridgehead atoms. The van der Waals surface area contributed by atoms with Gasteiger partial charge in [-0.25, -0.2) is 4.79 Å². The molecule has 0 saturated carbocycles. The summed E-state index contributed by atoms with van der Waals surface area (Å²) in [5.41, 5.74) is 0. The minimum atomic E-state index is -3.80. The highest BCUT2D eigenvalue weighted by atomic mass is 19.3. The van der Waals surface area contributed by atoms with E-state index in [1.807, 2.05) is 0 Å². The molecule has 1 atom stereocenters. The van der Waals surface area contributed by atoms with Gasteiger partial charge in [-0.05, 0) is 21.0 Å². The molecular weight excluding hydrogens is 194 g/mol. The van der Waals surface area contributed by atoms with Gasteiger partial charge in [-0.1, -0.05) is 0 Å². The van der Waals surface area contributed by atoms with E-state index in [1.165, 1.54) is 27.1 Å². The number of nitrogens with zero attached hydrogens (tertiary/aromatic N) is 2. The highest BCUT2D eigenvalue weighted by Gasteiger charge is 2.50. The molecule has 4 nitrogen and oxygen atoms in total. The van der Waals surface area contributed by atoms with Crippen molar-refractivity contribution in [2.75, 3.05) is 20.7 Å². The molecule has 0 aliphatic rings. The van der Waals surface area contributed by atoms with Gasteiger partial charge in [0.25, 0.3) is 0 Å². The Morgan fingerprint density at radius 2 is 2.14 bits per heavy atom. The van der Waals surface area contributed by atoms with E-state index in [0.717, 1.165) is 4.90 Å².